The second-order valence-electron chi connectivity index (χ2n) is 14.7. The van der Waals surface area contributed by atoms with E-state index < -0.39 is 0 Å². The van der Waals surface area contributed by atoms with Crippen molar-refractivity contribution >= 4 is 11.9 Å². The lowest BCUT2D eigenvalue weighted by molar-refractivity contribution is -0.178. The molecule has 4 fully saturated rings. The quantitative estimate of drug-likeness (QED) is 0.515. The molecule has 4 rings (SSSR count). The summed E-state index contributed by atoms with van der Waals surface area (Å²) in [5.41, 5.74) is -0.193. The van der Waals surface area contributed by atoms with Crippen molar-refractivity contribution in [3.8, 4) is 0 Å². The third-order valence-corrected chi connectivity index (χ3v) is 10.6. The average Bonchev–Trinajstić information content (AvgIpc) is 3.31. The molecule has 2 aliphatic carbocycles. The zero-order valence-corrected chi connectivity index (χ0v) is 23.9. The minimum atomic E-state index is -0.348. The van der Waals surface area contributed by atoms with Gasteiger partial charge in [0, 0.05) is 47.8 Å². The number of hydrogen-bond acceptors (Lipinski definition) is 6. The molecule has 2 saturated heterocycles. The monoisotopic (exact) mass is 490 g/mol. The molecule has 4 aliphatic rings. The maximum atomic E-state index is 13.6. The highest BCUT2D eigenvalue weighted by atomic mass is 16.6. The van der Waals surface area contributed by atoms with Crippen LogP contribution < -0.4 is 0 Å². The fourth-order valence-corrected chi connectivity index (χ4v) is 8.18. The van der Waals surface area contributed by atoms with Crippen LogP contribution in [-0.2, 0) is 19.1 Å². The number of piperidine rings is 2. The number of fused-ring (bicyclic) bond motifs is 2. The molecule has 0 aromatic rings. The fraction of sp³-hybridized carbons (Fsp3) is 0.931. The maximum absolute atomic E-state index is 13.6. The Morgan fingerprint density at radius 2 is 0.886 bits per heavy atom. The van der Waals surface area contributed by atoms with Crippen molar-refractivity contribution < 1.29 is 19.1 Å². The number of nitrogens with zero attached hydrogens (tertiary/aromatic N) is 2. The molecule has 2 bridgehead atoms. The van der Waals surface area contributed by atoms with Crippen LogP contribution >= 0.6 is 0 Å². The molecule has 0 spiro atoms. The lowest BCUT2D eigenvalue weighted by atomic mass is 9.77. The Morgan fingerprint density at radius 1 is 0.600 bits per heavy atom. The minimum absolute atomic E-state index is 0.0482. The van der Waals surface area contributed by atoms with E-state index in [4.69, 9.17) is 9.47 Å². The first-order chi connectivity index (χ1) is 15.9. The van der Waals surface area contributed by atoms with Crippen LogP contribution in [0.3, 0.4) is 0 Å². The molecule has 35 heavy (non-hydrogen) atoms. The molecule has 0 radical (unpaired) electrons. The fourth-order valence-electron chi connectivity index (χ4n) is 8.18. The largest absolute Gasteiger partial charge is 0.462 e. The van der Waals surface area contributed by atoms with E-state index in [1.807, 2.05) is 0 Å². The Labute approximate surface area is 213 Å². The summed E-state index contributed by atoms with van der Waals surface area (Å²) in [6, 6.07) is 0. The molecule has 2 heterocycles. The van der Waals surface area contributed by atoms with E-state index in [0.29, 0.717) is 0 Å². The highest BCUT2D eigenvalue weighted by molar-refractivity contribution is 5.84. The van der Waals surface area contributed by atoms with E-state index in [1.54, 1.807) is 0 Å². The molecule has 6 heteroatoms. The predicted octanol–water partition coefficient (Wildman–Crippen LogP) is 5.04. The van der Waals surface area contributed by atoms with E-state index >= 15 is 0 Å². The first kappa shape index (κ1) is 26.9. The number of carbonyl (C=O) groups excluding carboxylic acids is 2. The summed E-state index contributed by atoms with van der Waals surface area (Å²) in [5.74, 6) is -0.516. The van der Waals surface area contributed by atoms with Crippen molar-refractivity contribution in [3.63, 3.8) is 0 Å². The van der Waals surface area contributed by atoms with Gasteiger partial charge in [-0.1, -0.05) is 0 Å². The van der Waals surface area contributed by atoms with Crippen molar-refractivity contribution in [2.45, 2.75) is 135 Å². The second-order valence-corrected chi connectivity index (χ2v) is 14.7. The molecule has 2 aliphatic heterocycles. The van der Waals surface area contributed by atoms with Gasteiger partial charge in [-0.25, -0.2) is 0 Å². The molecule has 2 saturated carbocycles. The topological polar surface area (TPSA) is 59.1 Å². The molecule has 4 unspecified atom stereocenters. The van der Waals surface area contributed by atoms with E-state index in [0.717, 1.165) is 44.9 Å². The smallest absolute Gasteiger partial charge is 0.310 e. The number of hydrogen-bond donors (Lipinski definition) is 0. The number of rotatable bonds is 4. The van der Waals surface area contributed by atoms with Crippen LogP contribution in [0.15, 0.2) is 0 Å². The van der Waals surface area contributed by atoms with E-state index in [-0.39, 0.29) is 70.0 Å². The van der Waals surface area contributed by atoms with Gasteiger partial charge >= 0.3 is 11.9 Å². The summed E-state index contributed by atoms with van der Waals surface area (Å²) in [5, 5.41) is 0. The normalized spacial score (nSPS) is 36.7. The second kappa shape index (κ2) is 8.72. The summed E-state index contributed by atoms with van der Waals surface area (Å²) in [6.07, 6.45) is 6.02. The van der Waals surface area contributed by atoms with Crippen LogP contribution in [0.4, 0.5) is 0 Å². The van der Waals surface area contributed by atoms with Crippen molar-refractivity contribution in [1.82, 2.24) is 9.80 Å². The third kappa shape index (κ3) is 4.91. The molecule has 6 nitrogen and oxygen atoms in total. The van der Waals surface area contributed by atoms with Gasteiger partial charge in [0.1, 0.15) is 12.2 Å². The first-order valence-electron chi connectivity index (χ1n) is 13.8. The summed E-state index contributed by atoms with van der Waals surface area (Å²) >= 11 is 0. The molecular weight excluding hydrogens is 440 g/mol. The van der Waals surface area contributed by atoms with Crippen LogP contribution in [0.5, 0.6) is 0 Å². The van der Waals surface area contributed by atoms with Gasteiger partial charge in [0.25, 0.3) is 0 Å². The Hall–Kier alpha value is -1.14. The van der Waals surface area contributed by atoms with Gasteiger partial charge in [0.2, 0.25) is 0 Å². The van der Waals surface area contributed by atoms with Gasteiger partial charge in [-0.3, -0.25) is 19.4 Å². The summed E-state index contributed by atoms with van der Waals surface area (Å²) in [6.45, 7) is 17.8. The first-order valence-corrected chi connectivity index (χ1v) is 13.8. The van der Waals surface area contributed by atoms with Crippen molar-refractivity contribution in [2.24, 2.45) is 23.7 Å². The Balaban J connectivity index is 1.46. The van der Waals surface area contributed by atoms with Crippen LogP contribution in [0.25, 0.3) is 0 Å². The van der Waals surface area contributed by atoms with Crippen LogP contribution in [-0.4, -0.2) is 70.2 Å². The van der Waals surface area contributed by atoms with Gasteiger partial charge in [-0.2, -0.15) is 0 Å². The van der Waals surface area contributed by atoms with Gasteiger partial charge in [0.05, 0.1) is 11.8 Å². The average molecular weight is 491 g/mol. The third-order valence-electron chi connectivity index (χ3n) is 10.6. The van der Waals surface area contributed by atoms with Crippen LogP contribution in [0.2, 0.25) is 0 Å². The van der Waals surface area contributed by atoms with Gasteiger partial charge in [-0.05, 0) is 101 Å². The minimum Gasteiger partial charge on any atom is -0.462 e. The highest BCUT2D eigenvalue weighted by Crippen LogP contribution is 2.54. The van der Waals surface area contributed by atoms with E-state index in [2.05, 4.69) is 79.3 Å². The lowest BCUT2D eigenvalue weighted by Gasteiger charge is -2.53. The highest BCUT2D eigenvalue weighted by Gasteiger charge is 2.57. The van der Waals surface area contributed by atoms with Gasteiger partial charge in [-0.15, -0.1) is 0 Å². The maximum Gasteiger partial charge on any atom is 0.310 e. The number of carbonyl (C=O) groups is 2. The zero-order chi connectivity index (χ0) is 26.1. The summed E-state index contributed by atoms with van der Waals surface area (Å²) in [4.78, 5) is 32.0. The SMILES string of the molecule is CN1C(C)(C)CC(OC(=O)C2C3CCC(C3)C2C(=O)OC2CC(C)(C)N(C)C(C)(C)C2)CC1(C)C. The predicted molar refractivity (Wildman–Crippen MR) is 138 cm³/mol. The van der Waals surface area contributed by atoms with Crippen molar-refractivity contribution in [2.75, 3.05) is 14.1 Å². The summed E-state index contributed by atoms with van der Waals surface area (Å²) in [7, 11) is 4.32. The Kier molecular flexibility index (Phi) is 6.70. The van der Waals surface area contributed by atoms with Gasteiger partial charge in [0.15, 0.2) is 0 Å². The molecule has 0 N–H and O–H groups in total. The lowest BCUT2D eigenvalue weighted by Crippen LogP contribution is -2.60. The standard InChI is InChI=1S/C29H50N2O4/c1-26(2)14-20(15-27(3,4)30(26)9)34-24(32)22-18-11-12-19(13-18)23(22)25(33)35-21-16-28(5,6)31(10)29(7,8)17-21/h18-23H,11-17H2,1-10H3. The molecule has 0 aromatic heterocycles. The summed E-state index contributed by atoms with van der Waals surface area (Å²) < 4.78 is 12.4. The number of ether oxygens (including phenoxy) is 2. The van der Waals surface area contributed by atoms with E-state index in [9.17, 15) is 9.59 Å². The van der Waals surface area contributed by atoms with Crippen LogP contribution in [0, 0.1) is 23.7 Å². The molecule has 4 atom stereocenters. The van der Waals surface area contributed by atoms with E-state index in [1.165, 1.54) is 0 Å². The van der Waals surface area contributed by atoms with Gasteiger partial charge < -0.3 is 9.47 Å². The molecule has 200 valence electrons. The molecule has 0 amide bonds. The Bertz CT molecular complexity index is 744. The molecular formula is C29H50N2O4. The van der Waals surface area contributed by atoms with Crippen LogP contribution in [0.1, 0.15) is 100 Å². The molecule has 0 aromatic carbocycles. The Morgan fingerprint density at radius 3 is 1.17 bits per heavy atom. The van der Waals surface area contributed by atoms with Crippen molar-refractivity contribution in [1.29, 1.82) is 0 Å². The van der Waals surface area contributed by atoms with Crippen molar-refractivity contribution in [3.05, 3.63) is 0 Å². The number of likely N-dealkylation sites (tertiary alicyclic amines) is 2. The number of esters is 2. The zero-order valence-electron chi connectivity index (χ0n) is 23.9.